The first-order chi connectivity index (χ1) is 10.6. The van der Waals surface area contributed by atoms with Gasteiger partial charge in [0.05, 0.1) is 0 Å². The van der Waals surface area contributed by atoms with Crippen LogP contribution in [0.3, 0.4) is 0 Å². The van der Waals surface area contributed by atoms with Crippen molar-refractivity contribution in [3.8, 4) is 0 Å². The van der Waals surface area contributed by atoms with Crippen molar-refractivity contribution in [2.45, 2.75) is 12.8 Å². The lowest BCUT2D eigenvalue weighted by molar-refractivity contribution is -0.141. The number of piperazine rings is 1. The Morgan fingerprint density at radius 1 is 1.09 bits per heavy atom. The van der Waals surface area contributed by atoms with Crippen molar-refractivity contribution < 1.29 is 14.3 Å². The number of ether oxygens (including phenoxy) is 1. The van der Waals surface area contributed by atoms with Crippen molar-refractivity contribution in [1.29, 1.82) is 0 Å². The third kappa shape index (κ3) is 4.21. The van der Waals surface area contributed by atoms with Gasteiger partial charge in [-0.3, -0.25) is 9.59 Å². The molecule has 0 spiro atoms. The molecule has 6 nitrogen and oxygen atoms in total. The van der Waals surface area contributed by atoms with E-state index in [1.54, 1.807) is 4.90 Å². The highest BCUT2D eigenvalue weighted by Crippen LogP contribution is 2.14. The first-order valence-electron chi connectivity index (χ1n) is 7.49. The zero-order chi connectivity index (χ0) is 15.9. The molecule has 2 N–H and O–H groups in total. The molecule has 2 rings (SSSR count). The maximum Gasteiger partial charge on any atom is 0.248 e. The molecule has 2 amide bonds. The van der Waals surface area contributed by atoms with Crippen LogP contribution < -0.4 is 5.73 Å². The number of para-hydroxylation sites is 1. The van der Waals surface area contributed by atoms with Crippen LogP contribution in [0, 0.1) is 0 Å². The van der Waals surface area contributed by atoms with Gasteiger partial charge in [0.2, 0.25) is 11.8 Å². The Labute approximate surface area is 130 Å². The fourth-order valence-corrected chi connectivity index (χ4v) is 2.58. The largest absolute Gasteiger partial charge is 0.399 e. The molecule has 0 radical (unpaired) electrons. The van der Waals surface area contributed by atoms with Gasteiger partial charge in [-0.05, 0) is 18.1 Å². The summed E-state index contributed by atoms with van der Waals surface area (Å²) in [5, 5.41) is 0. The number of rotatable bonds is 5. The number of benzene rings is 1. The van der Waals surface area contributed by atoms with E-state index in [2.05, 4.69) is 0 Å². The first kappa shape index (κ1) is 16.3. The van der Waals surface area contributed by atoms with E-state index in [9.17, 15) is 9.59 Å². The first-order valence-corrected chi connectivity index (χ1v) is 7.49. The average Bonchev–Trinajstić information content (AvgIpc) is 2.54. The Kier molecular flexibility index (Phi) is 5.77. The molecule has 0 saturated carbocycles. The number of carbonyl (C=O) groups is 2. The van der Waals surface area contributed by atoms with E-state index < -0.39 is 0 Å². The van der Waals surface area contributed by atoms with Gasteiger partial charge in [-0.2, -0.15) is 0 Å². The summed E-state index contributed by atoms with van der Waals surface area (Å²) in [6.45, 7) is 2.40. The molecule has 1 heterocycles. The Morgan fingerprint density at radius 2 is 1.68 bits per heavy atom. The van der Waals surface area contributed by atoms with Gasteiger partial charge in [0.1, 0.15) is 6.61 Å². The topological polar surface area (TPSA) is 75.9 Å². The smallest absolute Gasteiger partial charge is 0.248 e. The van der Waals surface area contributed by atoms with E-state index in [-0.39, 0.29) is 18.4 Å². The second-order valence-electron chi connectivity index (χ2n) is 5.39. The fraction of sp³-hybridized carbons (Fsp3) is 0.500. The molecule has 120 valence electrons. The number of anilines is 1. The maximum absolute atomic E-state index is 12.2. The van der Waals surface area contributed by atoms with E-state index in [0.717, 1.165) is 11.3 Å². The average molecular weight is 305 g/mol. The highest BCUT2D eigenvalue weighted by molar-refractivity contribution is 5.79. The van der Waals surface area contributed by atoms with E-state index in [1.807, 2.05) is 29.2 Å². The number of aryl methyl sites for hydroxylation is 1. The fourth-order valence-electron chi connectivity index (χ4n) is 2.58. The Morgan fingerprint density at radius 3 is 2.27 bits per heavy atom. The molecule has 0 bridgehead atoms. The minimum absolute atomic E-state index is 0.0216. The monoisotopic (exact) mass is 305 g/mol. The van der Waals surface area contributed by atoms with Gasteiger partial charge in [-0.15, -0.1) is 0 Å². The van der Waals surface area contributed by atoms with Crippen molar-refractivity contribution in [1.82, 2.24) is 9.80 Å². The van der Waals surface area contributed by atoms with Crippen LogP contribution in [0.1, 0.15) is 12.0 Å². The highest BCUT2D eigenvalue weighted by Gasteiger charge is 2.23. The zero-order valence-corrected chi connectivity index (χ0v) is 13.0. The molecule has 1 aromatic carbocycles. The Hall–Kier alpha value is -2.08. The van der Waals surface area contributed by atoms with Crippen LogP contribution in [-0.2, 0) is 20.7 Å². The van der Waals surface area contributed by atoms with Crippen molar-refractivity contribution in [3.05, 3.63) is 29.8 Å². The van der Waals surface area contributed by atoms with Gasteiger partial charge < -0.3 is 20.3 Å². The molecule has 1 aromatic rings. The number of hydrogen-bond donors (Lipinski definition) is 1. The molecule has 1 aliphatic rings. The SMILES string of the molecule is COCC(=O)N1CCN(C(=O)CCc2ccccc2N)CC1. The van der Waals surface area contributed by atoms with Gasteiger partial charge in [0.15, 0.2) is 0 Å². The molecule has 0 aromatic heterocycles. The quantitative estimate of drug-likeness (QED) is 0.805. The van der Waals surface area contributed by atoms with Gasteiger partial charge in [0, 0.05) is 45.4 Å². The van der Waals surface area contributed by atoms with Crippen LogP contribution >= 0.6 is 0 Å². The van der Waals surface area contributed by atoms with Crippen LogP contribution in [0.4, 0.5) is 5.69 Å². The van der Waals surface area contributed by atoms with Gasteiger partial charge >= 0.3 is 0 Å². The number of nitrogen functional groups attached to an aromatic ring is 1. The predicted molar refractivity (Wildman–Crippen MR) is 84.2 cm³/mol. The lowest BCUT2D eigenvalue weighted by atomic mass is 10.1. The van der Waals surface area contributed by atoms with E-state index in [0.29, 0.717) is 39.0 Å². The lowest BCUT2D eigenvalue weighted by Crippen LogP contribution is -2.51. The number of carbonyl (C=O) groups excluding carboxylic acids is 2. The second kappa shape index (κ2) is 7.79. The van der Waals surface area contributed by atoms with Crippen molar-refractivity contribution in [2.24, 2.45) is 0 Å². The maximum atomic E-state index is 12.2. The highest BCUT2D eigenvalue weighted by atomic mass is 16.5. The van der Waals surface area contributed by atoms with Crippen LogP contribution in [-0.4, -0.2) is 61.5 Å². The van der Waals surface area contributed by atoms with Gasteiger partial charge in [-0.25, -0.2) is 0 Å². The van der Waals surface area contributed by atoms with Gasteiger partial charge in [-0.1, -0.05) is 18.2 Å². The number of nitrogens with two attached hydrogens (primary N) is 1. The summed E-state index contributed by atoms with van der Waals surface area (Å²) in [6, 6.07) is 7.61. The van der Waals surface area contributed by atoms with Crippen LogP contribution in [0.15, 0.2) is 24.3 Å². The van der Waals surface area contributed by atoms with Crippen molar-refractivity contribution in [2.75, 3.05) is 45.6 Å². The molecular formula is C16H23N3O3. The second-order valence-corrected chi connectivity index (χ2v) is 5.39. The summed E-state index contributed by atoms with van der Waals surface area (Å²) in [5.41, 5.74) is 7.62. The molecule has 1 fully saturated rings. The molecule has 0 unspecified atom stereocenters. The third-order valence-electron chi connectivity index (χ3n) is 3.92. The number of amides is 2. The van der Waals surface area contributed by atoms with Gasteiger partial charge in [0.25, 0.3) is 0 Å². The summed E-state index contributed by atoms with van der Waals surface area (Å²) < 4.78 is 4.85. The minimum Gasteiger partial charge on any atom is -0.399 e. The molecule has 0 aliphatic carbocycles. The molecule has 0 atom stereocenters. The standard InChI is InChI=1S/C16H23N3O3/c1-22-12-16(21)19-10-8-18(9-11-19)15(20)7-6-13-4-2-3-5-14(13)17/h2-5H,6-12,17H2,1H3. The van der Waals surface area contributed by atoms with E-state index >= 15 is 0 Å². The van der Waals surface area contributed by atoms with E-state index in [1.165, 1.54) is 7.11 Å². The summed E-state index contributed by atoms with van der Waals surface area (Å²) in [4.78, 5) is 27.5. The summed E-state index contributed by atoms with van der Waals surface area (Å²) in [5.74, 6) is 0.0914. The third-order valence-corrected chi connectivity index (χ3v) is 3.92. The van der Waals surface area contributed by atoms with Crippen LogP contribution in [0.2, 0.25) is 0 Å². The molecule has 6 heteroatoms. The van der Waals surface area contributed by atoms with Crippen LogP contribution in [0.5, 0.6) is 0 Å². The summed E-state index contributed by atoms with van der Waals surface area (Å²) in [7, 11) is 1.51. The molecular weight excluding hydrogens is 282 g/mol. The predicted octanol–water partition coefficient (Wildman–Crippen LogP) is 0.519. The number of nitrogens with zero attached hydrogens (tertiary/aromatic N) is 2. The normalized spacial score (nSPS) is 15.0. The molecule has 1 saturated heterocycles. The van der Waals surface area contributed by atoms with Crippen molar-refractivity contribution in [3.63, 3.8) is 0 Å². The molecule has 1 aliphatic heterocycles. The van der Waals surface area contributed by atoms with Crippen molar-refractivity contribution >= 4 is 17.5 Å². The Bertz CT molecular complexity index is 525. The number of methoxy groups -OCH3 is 1. The zero-order valence-electron chi connectivity index (χ0n) is 13.0. The summed E-state index contributed by atoms with van der Waals surface area (Å²) >= 11 is 0. The van der Waals surface area contributed by atoms with E-state index in [4.69, 9.17) is 10.5 Å². The minimum atomic E-state index is -0.0216. The number of hydrogen-bond acceptors (Lipinski definition) is 4. The lowest BCUT2D eigenvalue weighted by Gasteiger charge is -2.34. The Balaban J connectivity index is 1.78. The molecule has 22 heavy (non-hydrogen) atoms. The summed E-state index contributed by atoms with van der Waals surface area (Å²) in [6.07, 6.45) is 1.09. The van der Waals surface area contributed by atoms with Crippen LogP contribution in [0.25, 0.3) is 0 Å².